The zero-order chi connectivity index (χ0) is 12.4. The highest BCUT2D eigenvalue weighted by Gasteiger charge is 2.39. The van der Waals surface area contributed by atoms with Crippen molar-refractivity contribution < 1.29 is 4.74 Å². The zero-order valence-corrected chi connectivity index (χ0v) is 12.4. The van der Waals surface area contributed by atoms with Gasteiger partial charge in [-0.15, -0.1) is 0 Å². The number of nitrogens with one attached hydrogen (secondary N) is 2. The van der Waals surface area contributed by atoms with Gasteiger partial charge in [0, 0.05) is 35.8 Å². The molecule has 0 aromatic heterocycles. The lowest BCUT2D eigenvalue weighted by Gasteiger charge is -2.27. The highest BCUT2D eigenvalue weighted by Crippen LogP contribution is 2.44. The van der Waals surface area contributed by atoms with Gasteiger partial charge in [0.15, 0.2) is 0 Å². The summed E-state index contributed by atoms with van der Waals surface area (Å²) < 4.78 is 5.98. The van der Waals surface area contributed by atoms with Crippen LogP contribution in [0.2, 0.25) is 0 Å². The van der Waals surface area contributed by atoms with Crippen molar-refractivity contribution in [2.45, 2.75) is 5.18 Å². The molecule has 0 radical (unpaired) electrons. The molecule has 5 heteroatoms. The van der Waals surface area contributed by atoms with E-state index in [1.807, 2.05) is 54.6 Å². The van der Waals surface area contributed by atoms with E-state index in [9.17, 15) is 0 Å². The molecule has 0 saturated heterocycles. The molecule has 18 heavy (non-hydrogen) atoms. The van der Waals surface area contributed by atoms with Crippen LogP contribution in [-0.2, 0) is 0 Å². The van der Waals surface area contributed by atoms with Gasteiger partial charge in [0.1, 0.15) is 5.75 Å². The first kappa shape index (κ1) is 12.0. The van der Waals surface area contributed by atoms with Gasteiger partial charge in [0.05, 0.1) is 5.69 Å². The standard InChI is InChI=1S/C13H11IN2OS/c14-18-13(15-10-6-2-1-3-7-10)16-11-8-4-5-9-12(11)17-13/h1-9,15-16H. The molecule has 2 aromatic rings. The molecule has 3 rings (SSSR count). The Morgan fingerprint density at radius 3 is 2.50 bits per heavy atom. The molecular weight excluding hydrogens is 359 g/mol. The lowest BCUT2D eigenvalue weighted by molar-refractivity contribution is 0.250. The zero-order valence-electron chi connectivity index (χ0n) is 9.39. The normalized spacial score (nSPS) is 20.7. The number of fused-ring (bicyclic) bond motifs is 1. The van der Waals surface area contributed by atoms with Crippen LogP contribution in [0, 0.1) is 0 Å². The second kappa shape index (κ2) is 4.89. The average Bonchev–Trinajstić information content (AvgIpc) is 2.78. The summed E-state index contributed by atoms with van der Waals surface area (Å²) >= 11 is 2.23. The molecule has 0 aliphatic carbocycles. The number of hydrogen-bond donors (Lipinski definition) is 2. The van der Waals surface area contributed by atoms with Crippen LogP contribution in [0.15, 0.2) is 54.6 Å². The lowest BCUT2D eigenvalue weighted by atomic mass is 10.3. The van der Waals surface area contributed by atoms with Gasteiger partial charge in [-0.1, -0.05) is 30.3 Å². The summed E-state index contributed by atoms with van der Waals surface area (Å²) in [5, 5.41) is 6.09. The van der Waals surface area contributed by atoms with E-state index in [4.69, 9.17) is 4.74 Å². The predicted molar refractivity (Wildman–Crippen MR) is 85.1 cm³/mol. The molecule has 0 spiro atoms. The quantitative estimate of drug-likeness (QED) is 0.624. The summed E-state index contributed by atoms with van der Waals surface area (Å²) in [6.07, 6.45) is 0. The first-order valence-corrected chi connectivity index (χ1v) is 8.86. The van der Waals surface area contributed by atoms with Crippen LogP contribution >= 0.6 is 30.1 Å². The fourth-order valence-electron chi connectivity index (χ4n) is 1.84. The Balaban J connectivity index is 1.86. The number of anilines is 2. The Labute approximate surface area is 122 Å². The SMILES string of the molecule is ISC1(Nc2ccccc2)Nc2ccccc2O1. The lowest BCUT2D eigenvalue weighted by Crippen LogP contribution is -2.43. The molecular formula is C13H11IN2OS. The first-order valence-electron chi connectivity index (χ1n) is 5.50. The Kier molecular flexibility index (Phi) is 3.25. The van der Waals surface area contributed by atoms with Crippen molar-refractivity contribution in [3.8, 4) is 5.75 Å². The van der Waals surface area contributed by atoms with E-state index in [1.165, 1.54) is 0 Å². The molecule has 1 aliphatic rings. The van der Waals surface area contributed by atoms with Gasteiger partial charge >= 0.3 is 5.18 Å². The average molecular weight is 370 g/mol. The summed E-state index contributed by atoms with van der Waals surface area (Å²) in [6, 6.07) is 18.0. The Morgan fingerprint density at radius 1 is 1.06 bits per heavy atom. The van der Waals surface area contributed by atoms with Crippen LogP contribution in [0.5, 0.6) is 5.75 Å². The van der Waals surface area contributed by atoms with E-state index in [1.54, 1.807) is 8.93 Å². The Hall–Kier alpha value is -1.08. The maximum Gasteiger partial charge on any atom is 0.321 e. The smallest absolute Gasteiger partial charge is 0.321 e. The minimum Gasteiger partial charge on any atom is -0.438 e. The number of halogens is 1. The predicted octanol–water partition coefficient (Wildman–Crippen LogP) is 4.30. The van der Waals surface area contributed by atoms with Crippen LogP contribution in [0.3, 0.4) is 0 Å². The van der Waals surface area contributed by atoms with Crippen molar-refractivity contribution in [2.24, 2.45) is 0 Å². The summed E-state index contributed by atoms with van der Waals surface area (Å²) in [5.41, 5.74) is 2.02. The summed E-state index contributed by atoms with van der Waals surface area (Å²) in [6.45, 7) is 0. The van der Waals surface area contributed by atoms with E-state index in [0.717, 1.165) is 17.1 Å². The van der Waals surface area contributed by atoms with E-state index >= 15 is 0 Å². The maximum atomic E-state index is 5.98. The minimum atomic E-state index is -0.647. The summed E-state index contributed by atoms with van der Waals surface area (Å²) in [7, 11) is 1.56. The maximum absolute atomic E-state index is 5.98. The number of ether oxygens (including phenoxy) is 1. The monoisotopic (exact) mass is 370 g/mol. The summed E-state index contributed by atoms with van der Waals surface area (Å²) in [5.74, 6) is 0.866. The highest BCUT2D eigenvalue weighted by molar-refractivity contribution is 14.2. The number of benzene rings is 2. The molecule has 1 atom stereocenters. The van der Waals surface area contributed by atoms with E-state index in [0.29, 0.717) is 0 Å². The molecule has 1 unspecified atom stereocenters. The van der Waals surface area contributed by atoms with Gasteiger partial charge in [0.25, 0.3) is 0 Å². The van der Waals surface area contributed by atoms with E-state index in [2.05, 4.69) is 31.8 Å². The van der Waals surface area contributed by atoms with Crippen LogP contribution in [0.4, 0.5) is 11.4 Å². The molecule has 1 heterocycles. The van der Waals surface area contributed by atoms with Crippen LogP contribution < -0.4 is 15.4 Å². The van der Waals surface area contributed by atoms with Crippen molar-refractivity contribution in [1.82, 2.24) is 0 Å². The van der Waals surface area contributed by atoms with Gasteiger partial charge in [0.2, 0.25) is 0 Å². The third-order valence-electron chi connectivity index (χ3n) is 2.63. The molecule has 92 valence electrons. The first-order chi connectivity index (χ1) is 8.81. The third kappa shape index (κ3) is 2.24. The van der Waals surface area contributed by atoms with Gasteiger partial charge in [-0.2, -0.15) is 0 Å². The Bertz CT molecular complexity index is 525. The van der Waals surface area contributed by atoms with Gasteiger partial charge in [-0.25, -0.2) is 0 Å². The van der Waals surface area contributed by atoms with Crippen molar-refractivity contribution in [1.29, 1.82) is 0 Å². The van der Waals surface area contributed by atoms with Gasteiger partial charge in [-0.3, -0.25) is 0 Å². The van der Waals surface area contributed by atoms with Crippen LogP contribution in [0.25, 0.3) is 0 Å². The second-order valence-corrected chi connectivity index (χ2v) is 5.96. The minimum absolute atomic E-state index is 0.647. The van der Waals surface area contributed by atoms with Crippen molar-refractivity contribution in [3.05, 3.63) is 54.6 Å². The molecule has 0 amide bonds. The molecule has 0 fully saturated rings. The highest BCUT2D eigenvalue weighted by atomic mass is 127. The number of hydrogen-bond acceptors (Lipinski definition) is 4. The fourth-order valence-corrected chi connectivity index (χ4v) is 3.20. The van der Waals surface area contributed by atoms with Crippen molar-refractivity contribution in [2.75, 3.05) is 10.6 Å². The molecule has 3 nitrogen and oxygen atoms in total. The van der Waals surface area contributed by atoms with E-state index in [-0.39, 0.29) is 0 Å². The molecule has 0 saturated carbocycles. The molecule has 0 bridgehead atoms. The largest absolute Gasteiger partial charge is 0.438 e. The number of rotatable bonds is 3. The Morgan fingerprint density at radius 2 is 1.78 bits per heavy atom. The molecule has 2 aromatic carbocycles. The topological polar surface area (TPSA) is 33.3 Å². The van der Waals surface area contributed by atoms with Crippen molar-refractivity contribution in [3.63, 3.8) is 0 Å². The van der Waals surface area contributed by atoms with E-state index < -0.39 is 5.18 Å². The third-order valence-corrected chi connectivity index (χ3v) is 5.00. The molecule has 2 N–H and O–H groups in total. The number of para-hydroxylation sites is 3. The second-order valence-electron chi connectivity index (χ2n) is 3.91. The summed E-state index contributed by atoms with van der Waals surface area (Å²) in [4.78, 5) is 0. The fraction of sp³-hybridized carbons (Fsp3) is 0.0769. The van der Waals surface area contributed by atoms with Gasteiger partial charge < -0.3 is 15.4 Å². The van der Waals surface area contributed by atoms with Crippen LogP contribution in [0.1, 0.15) is 0 Å². The van der Waals surface area contributed by atoms with Gasteiger partial charge in [-0.05, 0) is 24.3 Å². The van der Waals surface area contributed by atoms with Crippen molar-refractivity contribution >= 4 is 41.5 Å². The molecule has 1 aliphatic heterocycles. The van der Waals surface area contributed by atoms with Crippen LogP contribution in [-0.4, -0.2) is 5.18 Å².